The second-order valence-corrected chi connectivity index (χ2v) is 4.92. The lowest BCUT2D eigenvalue weighted by atomic mass is 10.1. The predicted octanol–water partition coefficient (Wildman–Crippen LogP) is -0.181. The van der Waals surface area contributed by atoms with E-state index in [2.05, 4.69) is 5.32 Å². The van der Waals surface area contributed by atoms with Crippen LogP contribution < -0.4 is 5.32 Å². The number of likely N-dealkylation sites (tertiary alicyclic amines) is 2. The van der Waals surface area contributed by atoms with Crippen molar-refractivity contribution in [1.82, 2.24) is 15.1 Å². The molecular formula is C12H21N3O2. The smallest absolute Gasteiger partial charge is 0.239 e. The van der Waals surface area contributed by atoms with E-state index in [-0.39, 0.29) is 17.9 Å². The van der Waals surface area contributed by atoms with E-state index in [9.17, 15) is 9.59 Å². The van der Waals surface area contributed by atoms with Crippen LogP contribution in [0.2, 0.25) is 0 Å². The van der Waals surface area contributed by atoms with Gasteiger partial charge in [0.1, 0.15) is 0 Å². The molecule has 0 radical (unpaired) electrons. The SMILES string of the molecule is CN1CCC(NCC(=O)N2CCCCC2)C1=O. The first-order valence-electron chi connectivity index (χ1n) is 6.44. The normalized spacial score (nSPS) is 25.5. The fraction of sp³-hybridized carbons (Fsp3) is 0.833. The monoisotopic (exact) mass is 239 g/mol. The van der Waals surface area contributed by atoms with Crippen LogP contribution in [0, 0.1) is 0 Å². The first-order valence-corrected chi connectivity index (χ1v) is 6.44. The highest BCUT2D eigenvalue weighted by Crippen LogP contribution is 2.10. The van der Waals surface area contributed by atoms with Crippen LogP contribution >= 0.6 is 0 Å². The summed E-state index contributed by atoms with van der Waals surface area (Å²) < 4.78 is 0. The highest BCUT2D eigenvalue weighted by Gasteiger charge is 2.29. The van der Waals surface area contributed by atoms with Gasteiger partial charge in [0.05, 0.1) is 12.6 Å². The molecule has 2 fully saturated rings. The number of nitrogens with zero attached hydrogens (tertiary/aromatic N) is 2. The standard InChI is InChI=1S/C12H21N3O2/c1-14-8-5-10(12(14)17)13-9-11(16)15-6-3-2-4-7-15/h10,13H,2-9H2,1H3. The Balaban J connectivity index is 1.74. The van der Waals surface area contributed by atoms with Crippen LogP contribution in [0.3, 0.4) is 0 Å². The number of nitrogens with one attached hydrogen (secondary N) is 1. The Morgan fingerprint density at radius 3 is 2.59 bits per heavy atom. The minimum atomic E-state index is -0.159. The molecule has 1 atom stereocenters. The van der Waals surface area contributed by atoms with Gasteiger partial charge in [-0.2, -0.15) is 0 Å². The van der Waals surface area contributed by atoms with Crippen LogP contribution in [0.5, 0.6) is 0 Å². The molecule has 0 aromatic rings. The van der Waals surface area contributed by atoms with Crippen LogP contribution in [-0.2, 0) is 9.59 Å². The minimum absolute atomic E-state index is 0.108. The average molecular weight is 239 g/mol. The Morgan fingerprint density at radius 2 is 2.00 bits per heavy atom. The molecule has 0 aliphatic carbocycles. The van der Waals surface area contributed by atoms with Crippen molar-refractivity contribution >= 4 is 11.8 Å². The maximum Gasteiger partial charge on any atom is 0.239 e. The number of carbonyl (C=O) groups excluding carboxylic acids is 2. The summed E-state index contributed by atoms with van der Waals surface area (Å²) in [6, 6.07) is -0.159. The van der Waals surface area contributed by atoms with Crippen LogP contribution in [0.1, 0.15) is 25.7 Å². The summed E-state index contributed by atoms with van der Waals surface area (Å²) in [6.45, 7) is 2.83. The van der Waals surface area contributed by atoms with Crippen LogP contribution in [0.25, 0.3) is 0 Å². The lowest BCUT2D eigenvalue weighted by Gasteiger charge is -2.27. The molecule has 0 bridgehead atoms. The molecule has 2 heterocycles. The van der Waals surface area contributed by atoms with Crippen LogP contribution in [-0.4, -0.2) is 60.9 Å². The molecule has 2 saturated heterocycles. The molecule has 2 amide bonds. The van der Waals surface area contributed by atoms with Crippen molar-refractivity contribution in [3.05, 3.63) is 0 Å². The van der Waals surface area contributed by atoms with Crippen molar-refractivity contribution in [2.75, 3.05) is 33.2 Å². The Hall–Kier alpha value is -1.10. The van der Waals surface area contributed by atoms with Gasteiger partial charge in [-0.1, -0.05) is 0 Å². The summed E-state index contributed by atoms with van der Waals surface area (Å²) in [6.07, 6.45) is 4.25. The summed E-state index contributed by atoms with van der Waals surface area (Å²) in [4.78, 5) is 27.1. The van der Waals surface area contributed by atoms with Gasteiger partial charge in [0, 0.05) is 26.7 Å². The molecule has 0 aromatic carbocycles. The number of carbonyl (C=O) groups is 2. The number of amides is 2. The molecule has 0 spiro atoms. The fourth-order valence-corrected chi connectivity index (χ4v) is 2.48. The zero-order valence-electron chi connectivity index (χ0n) is 10.4. The third-order valence-electron chi connectivity index (χ3n) is 3.64. The molecule has 0 aromatic heterocycles. The molecule has 2 aliphatic heterocycles. The van der Waals surface area contributed by atoms with Gasteiger partial charge in [0.2, 0.25) is 11.8 Å². The van der Waals surface area contributed by atoms with Crippen LogP contribution in [0.4, 0.5) is 0 Å². The number of hydrogen-bond acceptors (Lipinski definition) is 3. The van der Waals surface area contributed by atoms with Gasteiger partial charge in [-0.25, -0.2) is 0 Å². The van der Waals surface area contributed by atoms with Gasteiger partial charge in [-0.15, -0.1) is 0 Å². The zero-order chi connectivity index (χ0) is 12.3. The summed E-state index contributed by atoms with van der Waals surface area (Å²) in [5, 5.41) is 3.08. The summed E-state index contributed by atoms with van der Waals surface area (Å²) >= 11 is 0. The number of likely N-dealkylation sites (N-methyl/N-ethyl adjacent to an activating group) is 1. The molecule has 5 heteroatoms. The van der Waals surface area contributed by atoms with Crippen molar-refractivity contribution in [1.29, 1.82) is 0 Å². The molecule has 1 N–H and O–H groups in total. The lowest BCUT2D eigenvalue weighted by molar-refractivity contribution is -0.131. The maximum atomic E-state index is 11.9. The van der Waals surface area contributed by atoms with Crippen LogP contribution in [0.15, 0.2) is 0 Å². The van der Waals surface area contributed by atoms with E-state index in [1.54, 1.807) is 11.9 Å². The number of hydrogen-bond donors (Lipinski definition) is 1. The average Bonchev–Trinajstić information content (AvgIpc) is 2.68. The summed E-state index contributed by atoms with van der Waals surface area (Å²) in [5.41, 5.74) is 0. The van der Waals surface area contributed by atoms with Crippen molar-refractivity contribution in [2.24, 2.45) is 0 Å². The van der Waals surface area contributed by atoms with E-state index in [4.69, 9.17) is 0 Å². The third kappa shape index (κ3) is 2.97. The minimum Gasteiger partial charge on any atom is -0.344 e. The van der Waals surface area contributed by atoms with E-state index < -0.39 is 0 Å². The van der Waals surface area contributed by atoms with E-state index in [1.807, 2.05) is 4.90 Å². The largest absolute Gasteiger partial charge is 0.344 e. The van der Waals surface area contributed by atoms with Gasteiger partial charge in [-0.3, -0.25) is 14.9 Å². The maximum absolute atomic E-state index is 11.9. The lowest BCUT2D eigenvalue weighted by Crippen LogP contribution is -2.45. The Kier molecular flexibility index (Phi) is 3.99. The highest BCUT2D eigenvalue weighted by atomic mass is 16.2. The van der Waals surface area contributed by atoms with E-state index >= 15 is 0 Å². The number of piperidine rings is 1. The molecule has 2 aliphatic rings. The van der Waals surface area contributed by atoms with Gasteiger partial charge in [0.15, 0.2) is 0 Å². The molecule has 2 rings (SSSR count). The number of rotatable bonds is 3. The van der Waals surface area contributed by atoms with Crippen molar-refractivity contribution in [3.63, 3.8) is 0 Å². The molecule has 17 heavy (non-hydrogen) atoms. The quantitative estimate of drug-likeness (QED) is 0.743. The summed E-state index contributed by atoms with van der Waals surface area (Å²) in [5.74, 6) is 0.239. The Bertz CT molecular complexity index is 300. The molecule has 5 nitrogen and oxygen atoms in total. The third-order valence-corrected chi connectivity index (χ3v) is 3.64. The predicted molar refractivity (Wildman–Crippen MR) is 64.5 cm³/mol. The second kappa shape index (κ2) is 5.49. The Labute approximate surface area is 102 Å². The van der Waals surface area contributed by atoms with E-state index in [1.165, 1.54) is 6.42 Å². The van der Waals surface area contributed by atoms with Crippen molar-refractivity contribution in [2.45, 2.75) is 31.7 Å². The summed E-state index contributed by atoms with van der Waals surface area (Å²) in [7, 11) is 1.80. The molecule has 0 saturated carbocycles. The Morgan fingerprint density at radius 1 is 1.29 bits per heavy atom. The van der Waals surface area contributed by atoms with Crippen molar-refractivity contribution in [3.8, 4) is 0 Å². The zero-order valence-corrected chi connectivity index (χ0v) is 10.4. The van der Waals surface area contributed by atoms with Gasteiger partial charge in [-0.05, 0) is 25.7 Å². The van der Waals surface area contributed by atoms with E-state index in [0.29, 0.717) is 6.54 Å². The van der Waals surface area contributed by atoms with Gasteiger partial charge in [0.25, 0.3) is 0 Å². The molecular weight excluding hydrogens is 218 g/mol. The second-order valence-electron chi connectivity index (χ2n) is 4.92. The topological polar surface area (TPSA) is 52.7 Å². The first kappa shape index (κ1) is 12.4. The van der Waals surface area contributed by atoms with Crippen molar-refractivity contribution < 1.29 is 9.59 Å². The molecule has 96 valence electrons. The fourth-order valence-electron chi connectivity index (χ4n) is 2.48. The van der Waals surface area contributed by atoms with E-state index in [0.717, 1.165) is 38.9 Å². The van der Waals surface area contributed by atoms with Gasteiger partial charge < -0.3 is 9.80 Å². The highest BCUT2D eigenvalue weighted by molar-refractivity contribution is 5.85. The molecule has 1 unspecified atom stereocenters. The first-order chi connectivity index (χ1) is 8.18. The van der Waals surface area contributed by atoms with Gasteiger partial charge >= 0.3 is 0 Å².